The minimum atomic E-state index is -0.222. The molecule has 106 valence electrons. The van der Waals surface area contributed by atoms with E-state index in [9.17, 15) is 4.79 Å². The lowest BCUT2D eigenvalue weighted by molar-refractivity contribution is -0.186. The molecule has 2 heteroatoms. The fraction of sp³-hybridized carbons (Fsp3) is 0.938. The van der Waals surface area contributed by atoms with E-state index in [1.54, 1.807) is 0 Å². The van der Waals surface area contributed by atoms with E-state index in [0.29, 0.717) is 0 Å². The summed E-state index contributed by atoms with van der Waals surface area (Å²) in [6.07, 6.45) is 7.66. The molecule has 1 rings (SSSR count). The lowest BCUT2D eigenvalue weighted by Crippen LogP contribution is -2.50. The van der Waals surface area contributed by atoms with Crippen LogP contribution < -0.4 is 0 Å². The summed E-state index contributed by atoms with van der Waals surface area (Å²) in [5.74, 6) is 0.0254. The summed E-state index contributed by atoms with van der Waals surface area (Å²) < 4.78 is 6.05. The first-order valence-electron chi connectivity index (χ1n) is 7.61. The molecule has 0 aliphatic heterocycles. The fourth-order valence-corrected chi connectivity index (χ4v) is 2.82. The van der Waals surface area contributed by atoms with E-state index in [4.69, 9.17) is 4.74 Å². The molecule has 1 saturated carbocycles. The average molecular weight is 254 g/mol. The highest BCUT2D eigenvalue weighted by Gasteiger charge is 2.48. The Morgan fingerprint density at radius 3 is 2.22 bits per heavy atom. The Kier molecular flexibility index (Phi) is 5.24. The zero-order valence-corrected chi connectivity index (χ0v) is 12.8. The number of rotatable bonds is 5. The molecule has 1 fully saturated rings. The third-order valence-electron chi connectivity index (χ3n) is 5.09. The van der Waals surface area contributed by atoms with Crippen molar-refractivity contribution in [3.63, 3.8) is 0 Å². The molecule has 1 aliphatic carbocycles. The second kappa shape index (κ2) is 6.08. The van der Waals surface area contributed by atoms with Crippen LogP contribution in [0.1, 0.15) is 79.6 Å². The van der Waals surface area contributed by atoms with Gasteiger partial charge in [-0.1, -0.05) is 41.0 Å². The molecule has 0 amide bonds. The molecule has 0 radical (unpaired) electrons. The lowest BCUT2D eigenvalue weighted by atomic mass is 9.65. The predicted octanol–water partition coefficient (Wildman–Crippen LogP) is 4.71. The summed E-state index contributed by atoms with van der Waals surface area (Å²) in [7, 11) is 0. The summed E-state index contributed by atoms with van der Waals surface area (Å²) >= 11 is 0. The molecule has 0 saturated heterocycles. The van der Waals surface area contributed by atoms with Crippen LogP contribution in [0.3, 0.4) is 0 Å². The Hall–Kier alpha value is -0.530. The summed E-state index contributed by atoms with van der Waals surface area (Å²) in [6.45, 7) is 10.7. The van der Waals surface area contributed by atoms with E-state index < -0.39 is 0 Å². The van der Waals surface area contributed by atoms with Crippen molar-refractivity contribution in [2.24, 2.45) is 11.3 Å². The molecule has 18 heavy (non-hydrogen) atoms. The van der Waals surface area contributed by atoms with Gasteiger partial charge >= 0.3 is 5.97 Å². The van der Waals surface area contributed by atoms with Gasteiger partial charge in [0.05, 0.1) is 5.92 Å². The number of hydrogen-bond donors (Lipinski definition) is 0. The third kappa shape index (κ3) is 3.07. The second-order valence-electron chi connectivity index (χ2n) is 6.52. The number of esters is 1. The largest absolute Gasteiger partial charge is 0.458 e. The van der Waals surface area contributed by atoms with Crippen molar-refractivity contribution in [3.05, 3.63) is 0 Å². The Morgan fingerprint density at radius 1 is 1.22 bits per heavy atom. The van der Waals surface area contributed by atoms with Crippen LogP contribution in [0.15, 0.2) is 0 Å². The van der Waals surface area contributed by atoms with Crippen LogP contribution >= 0.6 is 0 Å². The molecule has 0 N–H and O–H groups in total. The summed E-state index contributed by atoms with van der Waals surface area (Å²) in [4.78, 5) is 12.2. The Morgan fingerprint density at radius 2 is 1.78 bits per heavy atom. The zero-order valence-electron chi connectivity index (χ0n) is 12.8. The minimum Gasteiger partial charge on any atom is -0.458 e. The monoisotopic (exact) mass is 254 g/mol. The molecule has 0 aromatic rings. The standard InChI is InChI=1S/C16H30O2/c1-6-13(3)14(17)18-16(15(4,5)7-2)11-9-8-10-12-16/h13H,6-12H2,1-5H3. The van der Waals surface area contributed by atoms with Gasteiger partial charge in [-0.25, -0.2) is 0 Å². The average Bonchev–Trinajstić information content (AvgIpc) is 2.38. The first-order valence-corrected chi connectivity index (χ1v) is 7.61. The number of carbonyl (C=O) groups is 1. The van der Waals surface area contributed by atoms with Crippen LogP contribution in [0.4, 0.5) is 0 Å². The molecule has 1 unspecified atom stereocenters. The molecular formula is C16H30O2. The van der Waals surface area contributed by atoms with Crippen LogP contribution in [0.5, 0.6) is 0 Å². The first kappa shape index (κ1) is 15.5. The molecule has 2 nitrogen and oxygen atoms in total. The van der Waals surface area contributed by atoms with Gasteiger partial charge in [0.15, 0.2) is 0 Å². The van der Waals surface area contributed by atoms with Crippen LogP contribution in [0, 0.1) is 11.3 Å². The van der Waals surface area contributed by atoms with Gasteiger partial charge in [0.25, 0.3) is 0 Å². The van der Waals surface area contributed by atoms with Crippen LogP contribution in [0.25, 0.3) is 0 Å². The summed E-state index contributed by atoms with van der Waals surface area (Å²) in [5, 5.41) is 0. The maximum atomic E-state index is 12.2. The maximum absolute atomic E-state index is 12.2. The number of carbonyl (C=O) groups excluding carboxylic acids is 1. The van der Waals surface area contributed by atoms with Gasteiger partial charge in [0, 0.05) is 5.41 Å². The van der Waals surface area contributed by atoms with Gasteiger partial charge < -0.3 is 4.74 Å². The highest BCUT2D eigenvalue weighted by Crippen LogP contribution is 2.47. The van der Waals surface area contributed by atoms with Crippen LogP contribution in [-0.2, 0) is 9.53 Å². The normalized spacial score (nSPS) is 21.4. The van der Waals surface area contributed by atoms with Gasteiger partial charge in [-0.2, -0.15) is 0 Å². The van der Waals surface area contributed by atoms with E-state index in [0.717, 1.165) is 25.7 Å². The van der Waals surface area contributed by atoms with Crippen molar-refractivity contribution < 1.29 is 9.53 Å². The fourth-order valence-electron chi connectivity index (χ4n) is 2.82. The molecule has 0 aromatic heterocycles. The Balaban J connectivity index is 2.88. The van der Waals surface area contributed by atoms with Crippen LogP contribution in [0.2, 0.25) is 0 Å². The number of ether oxygens (including phenoxy) is 1. The van der Waals surface area contributed by atoms with Gasteiger partial charge in [-0.3, -0.25) is 4.79 Å². The van der Waals surface area contributed by atoms with Gasteiger partial charge in [-0.15, -0.1) is 0 Å². The first-order chi connectivity index (χ1) is 8.38. The highest BCUT2D eigenvalue weighted by molar-refractivity contribution is 5.72. The zero-order chi connectivity index (χ0) is 13.8. The maximum Gasteiger partial charge on any atom is 0.309 e. The van der Waals surface area contributed by atoms with Gasteiger partial charge in [0.1, 0.15) is 5.60 Å². The molecule has 0 heterocycles. The topological polar surface area (TPSA) is 26.3 Å². The molecule has 0 spiro atoms. The quantitative estimate of drug-likeness (QED) is 0.664. The van der Waals surface area contributed by atoms with E-state index >= 15 is 0 Å². The Bertz CT molecular complexity index is 275. The van der Waals surface area contributed by atoms with E-state index in [-0.39, 0.29) is 22.9 Å². The second-order valence-corrected chi connectivity index (χ2v) is 6.52. The summed E-state index contributed by atoms with van der Waals surface area (Å²) in [5.41, 5.74) is -0.142. The Labute approximate surface area is 112 Å². The van der Waals surface area contributed by atoms with Crippen molar-refractivity contribution >= 4 is 5.97 Å². The minimum absolute atomic E-state index is 0.000856. The molecule has 0 bridgehead atoms. The highest BCUT2D eigenvalue weighted by atomic mass is 16.6. The molecule has 1 atom stereocenters. The predicted molar refractivity (Wildman–Crippen MR) is 75.4 cm³/mol. The van der Waals surface area contributed by atoms with Gasteiger partial charge in [0.2, 0.25) is 0 Å². The van der Waals surface area contributed by atoms with Gasteiger partial charge in [-0.05, 0) is 38.5 Å². The number of hydrogen-bond acceptors (Lipinski definition) is 2. The smallest absolute Gasteiger partial charge is 0.309 e. The van der Waals surface area contributed by atoms with Crippen LogP contribution in [-0.4, -0.2) is 11.6 Å². The van der Waals surface area contributed by atoms with Crippen molar-refractivity contribution in [2.45, 2.75) is 85.2 Å². The SMILES string of the molecule is CCC(C)C(=O)OC1(C(C)(C)CC)CCCCC1. The van der Waals surface area contributed by atoms with Crippen molar-refractivity contribution in [2.75, 3.05) is 0 Å². The van der Waals surface area contributed by atoms with E-state index in [2.05, 4.69) is 20.8 Å². The third-order valence-corrected chi connectivity index (χ3v) is 5.09. The molecular weight excluding hydrogens is 224 g/mol. The van der Waals surface area contributed by atoms with E-state index in [1.165, 1.54) is 19.3 Å². The molecule has 0 aromatic carbocycles. The lowest BCUT2D eigenvalue weighted by Gasteiger charge is -2.48. The van der Waals surface area contributed by atoms with Crippen molar-refractivity contribution in [1.82, 2.24) is 0 Å². The van der Waals surface area contributed by atoms with E-state index in [1.807, 2.05) is 13.8 Å². The van der Waals surface area contributed by atoms with Crippen molar-refractivity contribution in [3.8, 4) is 0 Å². The molecule has 1 aliphatic rings. The summed E-state index contributed by atoms with van der Waals surface area (Å²) in [6, 6.07) is 0. The van der Waals surface area contributed by atoms with Crippen molar-refractivity contribution in [1.29, 1.82) is 0 Å².